The Morgan fingerprint density at radius 3 is 2.62 bits per heavy atom. The van der Waals surface area contributed by atoms with Crippen LogP contribution in [0.1, 0.15) is 26.2 Å². The average molecular weight is 227 g/mol. The molecule has 0 radical (unpaired) electrons. The van der Waals surface area contributed by atoms with Crippen LogP contribution in [0.4, 0.5) is 0 Å². The first-order valence-electron chi connectivity index (χ1n) is 6.24. The fraction of sp³-hybridized carbons (Fsp3) is 0.917. The van der Waals surface area contributed by atoms with Gasteiger partial charge in [0.15, 0.2) is 0 Å². The minimum atomic E-state index is 0.202. The van der Waals surface area contributed by atoms with Gasteiger partial charge in [-0.15, -0.1) is 0 Å². The number of likely N-dealkylation sites (N-methyl/N-ethyl adjacent to an activating group) is 2. The normalized spacial score (nSPS) is 25.1. The Morgan fingerprint density at radius 1 is 1.38 bits per heavy atom. The summed E-state index contributed by atoms with van der Waals surface area (Å²) in [5.74, 6) is 0.775. The minimum absolute atomic E-state index is 0.202. The number of carbonyl (C=O) groups is 1. The van der Waals surface area contributed by atoms with Crippen molar-refractivity contribution in [2.24, 2.45) is 11.7 Å². The lowest BCUT2D eigenvalue weighted by Crippen LogP contribution is -2.44. The number of nitrogens with zero attached hydrogens (tertiary/aromatic N) is 2. The van der Waals surface area contributed by atoms with Crippen LogP contribution in [0.5, 0.6) is 0 Å². The van der Waals surface area contributed by atoms with E-state index in [4.69, 9.17) is 5.73 Å². The van der Waals surface area contributed by atoms with E-state index in [0.29, 0.717) is 18.5 Å². The van der Waals surface area contributed by atoms with Crippen LogP contribution in [0, 0.1) is 5.92 Å². The van der Waals surface area contributed by atoms with Crippen LogP contribution < -0.4 is 5.73 Å². The summed E-state index contributed by atoms with van der Waals surface area (Å²) in [4.78, 5) is 15.7. The van der Waals surface area contributed by atoms with Gasteiger partial charge in [0.25, 0.3) is 0 Å². The van der Waals surface area contributed by atoms with Gasteiger partial charge in [-0.05, 0) is 39.3 Å². The highest BCUT2D eigenvalue weighted by atomic mass is 16.2. The molecule has 0 bridgehead atoms. The van der Waals surface area contributed by atoms with E-state index in [2.05, 4.69) is 4.90 Å². The highest BCUT2D eigenvalue weighted by Gasteiger charge is 2.30. The first-order valence-corrected chi connectivity index (χ1v) is 6.24. The monoisotopic (exact) mass is 227 g/mol. The Balaban J connectivity index is 2.45. The van der Waals surface area contributed by atoms with Gasteiger partial charge in [0.05, 0.1) is 6.54 Å². The maximum atomic E-state index is 11.8. The Kier molecular flexibility index (Phi) is 5.22. The first kappa shape index (κ1) is 13.5. The molecule has 2 unspecified atom stereocenters. The van der Waals surface area contributed by atoms with Crippen LogP contribution in [0.25, 0.3) is 0 Å². The molecule has 1 amide bonds. The number of rotatable bonds is 5. The zero-order chi connectivity index (χ0) is 12.1. The molecule has 0 saturated heterocycles. The largest absolute Gasteiger partial charge is 0.345 e. The second-order valence-corrected chi connectivity index (χ2v) is 4.82. The molecule has 1 rings (SSSR count). The Bertz CT molecular complexity index is 232. The molecule has 0 aromatic rings. The molecule has 2 N–H and O–H groups in total. The second-order valence-electron chi connectivity index (χ2n) is 4.82. The molecule has 4 heteroatoms. The molecular weight excluding hydrogens is 202 g/mol. The summed E-state index contributed by atoms with van der Waals surface area (Å²) >= 11 is 0. The van der Waals surface area contributed by atoms with Gasteiger partial charge in [0.2, 0.25) is 5.91 Å². The number of amides is 1. The summed E-state index contributed by atoms with van der Waals surface area (Å²) in [6, 6.07) is 0.499. The maximum absolute atomic E-state index is 11.8. The lowest BCUT2D eigenvalue weighted by Gasteiger charge is -2.29. The predicted octanol–water partition coefficient (Wildman–Crippen LogP) is 0.524. The molecule has 4 nitrogen and oxygen atoms in total. The van der Waals surface area contributed by atoms with Crippen LogP contribution >= 0.6 is 0 Å². The maximum Gasteiger partial charge on any atom is 0.236 e. The third-order valence-electron chi connectivity index (χ3n) is 3.77. The summed E-state index contributed by atoms with van der Waals surface area (Å²) in [5.41, 5.74) is 5.76. The van der Waals surface area contributed by atoms with E-state index < -0.39 is 0 Å². The van der Waals surface area contributed by atoms with Crippen molar-refractivity contribution in [3.05, 3.63) is 0 Å². The van der Waals surface area contributed by atoms with Gasteiger partial charge in [0.1, 0.15) is 0 Å². The minimum Gasteiger partial charge on any atom is -0.345 e. The van der Waals surface area contributed by atoms with E-state index in [-0.39, 0.29) is 5.91 Å². The third kappa shape index (κ3) is 3.19. The molecule has 1 aliphatic carbocycles. The standard InChI is InChI=1S/C12H25N3O/c1-4-14(2)12(16)9-15(3)11-7-5-6-10(11)8-13/h10-11H,4-9,13H2,1-3H3. The Hall–Kier alpha value is -0.610. The van der Waals surface area contributed by atoms with Gasteiger partial charge < -0.3 is 10.6 Å². The van der Waals surface area contributed by atoms with Gasteiger partial charge in [-0.1, -0.05) is 6.42 Å². The fourth-order valence-corrected chi connectivity index (χ4v) is 2.50. The predicted molar refractivity (Wildman–Crippen MR) is 66.1 cm³/mol. The average Bonchev–Trinajstić information content (AvgIpc) is 2.75. The summed E-state index contributed by atoms with van der Waals surface area (Å²) in [6.07, 6.45) is 3.64. The van der Waals surface area contributed by atoms with Crippen molar-refractivity contribution in [2.45, 2.75) is 32.2 Å². The third-order valence-corrected chi connectivity index (χ3v) is 3.77. The number of carbonyl (C=O) groups excluding carboxylic acids is 1. The van der Waals surface area contributed by atoms with Crippen molar-refractivity contribution >= 4 is 5.91 Å². The summed E-state index contributed by atoms with van der Waals surface area (Å²) in [7, 11) is 3.89. The number of hydrogen-bond donors (Lipinski definition) is 1. The van der Waals surface area contributed by atoms with Crippen LogP contribution in [-0.2, 0) is 4.79 Å². The van der Waals surface area contributed by atoms with E-state index in [1.807, 2.05) is 21.0 Å². The smallest absolute Gasteiger partial charge is 0.236 e. The summed E-state index contributed by atoms with van der Waals surface area (Å²) in [5, 5.41) is 0. The zero-order valence-corrected chi connectivity index (χ0v) is 10.8. The van der Waals surface area contributed by atoms with Gasteiger partial charge >= 0.3 is 0 Å². The van der Waals surface area contributed by atoms with E-state index in [1.165, 1.54) is 19.3 Å². The Morgan fingerprint density at radius 2 is 2.06 bits per heavy atom. The topological polar surface area (TPSA) is 49.6 Å². The van der Waals surface area contributed by atoms with Crippen molar-refractivity contribution in [2.75, 3.05) is 33.7 Å². The molecule has 1 fully saturated rings. The van der Waals surface area contributed by atoms with Gasteiger partial charge in [0, 0.05) is 19.6 Å². The van der Waals surface area contributed by atoms with Gasteiger partial charge in [-0.3, -0.25) is 9.69 Å². The lowest BCUT2D eigenvalue weighted by molar-refractivity contribution is -0.131. The van der Waals surface area contributed by atoms with Gasteiger partial charge in [-0.2, -0.15) is 0 Å². The van der Waals surface area contributed by atoms with Crippen LogP contribution in [0.15, 0.2) is 0 Å². The fourth-order valence-electron chi connectivity index (χ4n) is 2.50. The molecule has 0 aromatic heterocycles. The first-order chi connectivity index (χ1) is 7.60. The lowest BCUT2D eigenvalue weighted by atomic mass is 10.0. The molecule has 1 aliphatic rings. The molecule has 94 valence electrons. The SMILES string of the molecule is CCN(C)C(=O)CN(C)C1CCCC1CN. The second kappa shape index (κ2) is 6.21. The number of hydrogen-bond acceptors (Lipinski definition) is 3. The van der Waals surface area contributed by atoms with Crippen LogP contribution in [-0.4, -0.2) is 55.5 Å². The van der Waals surface area contributed by atoms with Crippen molar-refractivity contribution in [3.8, 4) is 0 Å². The quantitative estimate of drug-likeness (QED) is 0.745. The van der Waals surface area contributed by atoms with Crippen molar-refractivity contribution in [1.29, 1.82) is 0 Å². The van der Waals surface area contributed by atoms with E-state index in [1.54, 1.807) is 4.90 Å². The summed E-state index contributed by atoms with van der Waals surface area (Å²) in [6.45, 7) is 4.03. The molecule has 16 heavy (non-hydrogen) atoms. The van der Waals surface area contributed by atoms with E-state index in [9.17, 15) is 4.79 Å². The van der Waals surface area contributed by atoms with Crippen molar-refractivity contribution < 1.29 is 4.79 Å². The molecule has 1 saturated carbocycles. The van der Waals surface area contributed by atoms with Crippen LogP contribution in [0.2, 0.25) is 0 Å². The molecule has 0 aromatic carbocycles. The molecule has 2 atom stereocenters. The van der Waals surface area contributed by atoms with Crippen molar-refractivity contribution in [3.63, 3.8) is 0 Å². The zero-order valence-electron chi connectivity index (χ0n) is 10.8. The van der Waals surface area contributed by atoms with E-state index >= 15 is 0 Å². The van der Waals surface area contributed by atoms with Gasteiger partial charge in [-0.25, -0.2) is 0 Å². The van der Waals surface area contributed by atoms with Crippen molar-refractivity contribution in [1.82, 2.24) is 9.80 Å². The number of nitrogens with two attached hydrogens (primary N) is 1. The Labute approximate surface area is 98.8 Å². The molecular formula is C12H25N3O. The molecule has 0 aliphatic heterocycles. The highest BCUT2D eigenvalue weighted by Crippen LogP contribution is 2.28. The molecule has 0 spiro atoms. The van der Waals surface area contributed by atoms with Crippen LogP contribution in [0.3, 0.4) is 0 Å². The van der Waals surface area contributed by atoms with E-state index in [0.717, 1.165) is 13.1 Å². The summed E-state index contributed by atoms with van der Waals surface area (Å²) < 4.78 is 0. The molecule has 0 heterocycles. The highest BCUT2D eigenvalue weighted by molar-refractivity contribution is 5.77.